The highest BCUT2D eigenvalue weighted by Gasteiger charge is 2.34. The first-order chi connectivity index (χ1) is 12.1. The summed E-state index contributed by atoms with van der Waals surface area (Å²) in [5, 5.41) is 5.29. The van der Waals surface area contributed by atoms with Gasteiger partial charge in [0.1, 0.15) is 5.92 Å². The lowest BCUT2D eigenvalue weighted by atomic mass is 9.78. The fraction of sp³-hybridized carbons (Fsp3) is 0.316. The maximum absolute atomic E-state index is 12.7. The second kappa shape index (κ2) is 8.02. The van der Waals surface area contributed by atoms with Gasteiger partial charge in [-0.25, -0.2) is 0 Å². The molecule has 0 saturated heterocycles. The van der Waals surface area contributed by atoms with E-state index in [2.05, 4.69) is 5.32 Å². The molecule has 3 N–H and O–H groups in total. The molecule has 1 fully saturated rings. The Morgan fingerprint density at radius 2 is 1.76 bits per heavy atom. The first kappa shape index (κ1) is 18.0. The van der Waals surface area contributed by atoms with Crippen LogP contribution in [0.2, 0.25) is 5.02 Å². The van der Waals surface area contributed by atoms with Crippen molar-refractivity contribution in [3.63, 3.8) is 0 Å². The molecule has 1 saturated carbocycles. The van der Waals surface area contributed by atoms with E-state index in [0.717, 1.165) is 25.7 Å². The Balaban J connectivity index is 1.83. The van der Waals surface area contributed by atoms with Gasteiger partial charge in [-0.3, -0.25) is 9.59 Å². The Morgan fingerprint density at radius 3 is 2.40 bits per heavy atom. The minimum atomic E-state index is -0.421. The normalized spacial score (nSPS) is 15.3. The van der Waals surface area contributed by atoms with Crippen LogP contribution in [-0.4, -0.2) is 11.8 Å². The first-order valence-electron chi connectivity index (χ1n) is 8.37. The van der Waals surface area contributed by atoms with E-state index >= 15 is 0 Å². The van der Waals surface area contributed by atoms with E-state index in [4.69, 9.17) is 17.3 Å². The van der Waals surface area contributed by atoms with Crippen LogP contribution >= 0.6 is 22.9 Å². The molecular weight excluding hydrogens is 356 g/mol. The van der Waals surface area contributed by atoms with Gasteiger partial charge >= 0.3 is 0 Å². The van der Waals surface area contributed by atoms with Gasteiger partial charge in [0.05, 0.1) is 5.56 Å². The second-order valence-corrected chi connectivity index (χ2v) is 7.59. The zero-order chi connectivity index (χ0) is 17.8. The molecule has 2 amide bonds. The second-order valence-electron chi connectivity index (χ2n) is 6.24. The van der Waals surface area contributed by atoms with Gasteiger partial charge < -0.3 is 11.1 Å². The monoisotopic (exact) mass is 375 g/mol. The largest absolute Gasteiger partial charge is 0.369 e. The Labute approximate surface area is 156 Å². The molecule has 25 heavy (non-hydrogen) atoms. The maximum atomic E-state index is 12.7. The van der Waals surface area contributed by atoms with Crippen LogP contribution < -0.4 is 11.1 Å². The number of carbonyl (C=O) groups excluding carboxylic acids is 2. The molecule has 0 spiro atoms. The van der Waals surface area contributed by atoms with Crippen molar-refractivity contribution >= 4 is 40.4 Å². The molecule has 6 heteroatoms. The topological polar surface area (TPSA) is 72.2 Å². The quantitative estimate of drug-likeness (QED) is 0.798. The highest BCUT2D eigenvalue weighted by atomic mass is 35.5. The van der Waals surface area contributed by atoms with Crippen molar-refractivity contribution in [1.82, 2.24) is 0 Å². The summed E-state index contributed by atoms with van der Waals surface area (Å²) < 4.78 is 0. The van der Waals surface area contributed by atoms with Gasteiger partial charge in [-0.15, -0.1) is 11.3 Å². The summed E-state index contributed by atoms with van der Waals surface area (Å²) >= 11 is 7.27. The molecule has 0 unspecified atom stereocenters. The highest BCUT2D eigenvalue weighted by molar-refractivity contribution is 7.11. The molecule has 1 aromatic carbocycles. The van der Waals surface area contributed by atoms with Crippen LogP contribution in [0.3, 0.4) is 0 Å². The number of nitrogens with two attached hydrogens (primary N) is 1. The molecule has 131 valence electrons. The van der Waals surface area contributed by atoms with Crippen LogP contribution in [0.1, 0.15) is 47.3 Å². The Bertz CT molecular complexity index is 751. The number of hydrogen-bond acceptors (Lipinski definition) is 3. The number of rotatable bonds is 5. The van der Waals surface area contributed by atoms with Crippen molar-refractivity contribution in [2.75, 3.05) is 5.32 Å². The predicted molar refractivity (Wildman–Crippen MR) is 102 cm³/mol. The molecule has 1 aliphatic rings. The number of amides is 2. The van der Waals surface area contributed by atoms with Crippen LogP contribution in [0.15, 0.2) is 35.7 Å². The van der Waals surface area contributed by atoms with E-state index in [9.17, 15) is 9.59 Å². The van der Waals surface area contributed by atoms with Crippen LogP contribution in [0.5, 0.6) is 0 Å². The fourth-order valence-electron chi connectivity index (χ4n) is 3.32. The average molecular weight is 376 g/mol. The van der Waals surface area contributed by atoms with Crippen molar-refractivity contribution in [2.24, 2.45) is 11.7 Å². The standard InChI is InChI=1S/C19H20ClN2O2S/c20-13-6-8-14(9-7-13)22-19(24)15-10-11-25-17(15)16(18(21)23)12-4-2-1-3-5-12/h6-12H,1-5H2,(H2,21,23)(H,22,24). The zero-order valence-corrected chi connectivity index (χ0v) is 15.3. The molecule has 1 aliphatic carbocycles. The Morgan fingerprint density at radius 1 is 1.08 bits per heavy atom. The van der Waals surface area contributed by atoms with Gasteiger partial charge in [0.15, 0.2) is 0 Å². The molecule has 0 bridgehead atoms. The van der Waals surface area contributed by atoms with E-state index in [-0.39, 0.29) is 11.8 Å². The summed E-state index contributed by atoms with van der Waals surface area (Å²) in [4.78, 5) is 25.5. The molecule has 0 atom stereocenters. The van der Waals surface area contributed by atoms with Crippen molar-refractivity contribution in [2.45, 2.75) is 32.1 Å². The lowest BCUT2D eigenvalue weighted by Gasteiger charge is -2.27. The number of anilines is 1. The smallest absolute Gasteiger partial charge is 0.256 e. The Hall–Kier alpha value is -1.85. The molecule has 4 nitrogen and oxygen atoms in total. The predicted octanol–water partition coefficient (Wildman–Crippen LogP) is 4.64. The number of hydrogen-bond donors (Lipinski definition) is 2. The summed E-state index contributed by atoms with van der Waals surface area (Å²) in [5.41, 5.74) is 6.84. The molecule has 2 aromatic rings. The Kier molecular flexibility index (Phi) is 5.76. The number of carbonyl (C=O) groups is 2. The number of benzene rings is 1. The van der Waals surface area contributed by atoms with Gasteiger partial charge in [0.2, 0.25) is 5.91 Å². The van der Waals surface area contributed by atoms with E-state index in [1.54, 1.807) is 30.3 Å². The summed E-state index contributed by atoms with van der Waals surface area (Å²) in [6, 6.07) is 8.67. The maximum Gasteiger partial charge on any atom is 0.256 e. The van der Waals surface area contributed by atoms with E-state index < -0.39 is 5.91 Å². The van der Waals surface area contributed by atoms with Crippen LogP contribution in [0.4, 0.5) is 5.69 Å². The van der Waals surface area contributed by atoms with Gasteiger partial charge in [0.25, 0.3) is 5.91 Å². The van der Waals surface area contributed by atoms with Crippen molar-refractivity contribution in [3.8, 4) is 0 Å². The lowest BCUT2D eigenvalue weighted by molar-refractivity contribution is -0.116. The molecule has 0 aliphatic heterocycles. The van der Waals surface area contributed by atoms with E-state index in [0.29, 0.717) is 27.1 Å². The fourth-order valence-corrected chi connectivity index (χ4v) is 4.47. The molecule has 1 radical (unpaired) electrons. The van der Waals surface area contributed by atoms with Crippen molar-refractivity contribution < 1.29 is 9.59 Å². The van der Waals surface area contributed by atoms with Crippen molar-refractivity contribution in [3.05, 3.63) is 57.1 Å². The van der Waals surface area contributed by atoms with E-state index in [1.165, 1.54) is 17.8 Å². The number of thiophene rings is 1. The summed E-state index contributed by atoms with van der Waals surface area (Å²) in [6.07, 6.45) is 5.29. The minimum absolute atomic E-state index is 0.145. The van der Waals surface area contributed by atoms with Gasteiger partial charge in [-0.05, 0) is 54.5 Å². The minimum Gasteiger partial charge on any atom is -0.369 e. The van der Waals surface area contributed by atoms with Crippen LogP contribution in [0, 0.1) is 11.8 Å². The third kappa shape index (κ3) is 4.22. The first-order valence-corrected chi connectivity index (χ1v) is 9.63. The van der Waals surface area contributed by atoms with Crippen molar-refractivity contribution in [1.29, 1.82) is 0 Å². The number of halogens is 1. The number of primary amides is 1. The van der Waals surface area contributed by atoms with Gasteiger partial charge in [-0.1, -0.05) is 30.9 Å². The molecule has 1 heterocycles. The SMILES string of the molecule is NC(=O)[C](c1sccc1C(=O)Nc1ccc(Cl)cc1)C1CCCCC1. The average Bonchev–Trinajstić information content (AvgIpc) is 3.07. The molecular formula is C19H20ClN2O2S. The summed E-state index contributed by atoms with van der Waals surface area (Å²) in [5.74, 6) is 0.0889. The molecule has 3 rings (SSSR count). The zero-order valence-electron chi connectivity index (χ0n) is 13.8. The third-order valence-electron chi connectivity index (χ3n) is 4.54. The van der Waals surface area contributed by atoms with Crippen LogP contribution in [0.25, 0.3) is 0 Å². The van der Waals surface area contributed by atoms with Gasteiger partial charge in [-0.2, -0.15) is 0 Å². The molecule has 1 aromatic heterocycles. The van der Waals surface area contributed by atoms with E-state index in [1.807, 2.05) is 5.38 Å². The van der Waals surface area contributed by atoms with Gasteiger partial charge in [0, 0.05) is 15.6 Å². The summed E-state index contributed by atoms with van der Waals surface area (Å²) in [6.45, 7) is 0. The van der Waals surface area contributed by atoms with Crippen LogP contribution in [-0.2, 0) is 4.79 Å². The third-order valence-corrected chi connectivity index (χ3v) is 5.74. The lowest BCUT2D eigenvalue weighted by Crippen LogP contribution is -2.31. The summed E-state index contributed by atoms with van der Waals surface area (Å²) in [7, 11) is 0. The number of nitrogens with one attached hydrogen (secondary N) is 1. The highest BCUT2D eigenvalue weighted by Crippen LogP contribution is 2.39.